The number of hydrogen-bond donors (Lipinski definition) is 3. The Hall–Kier alpha value is -1.23. The molecule has 0 spiro atoms. The van der Waals surface area contributed by atoms with Gasteiger partial charge in [0.05, 0.1) is 38.3 Å². The van der Waals surface area contributed by atoms with Crippen LogP contribution in [0.3, 0.4) is 0 Å². The maximum Gasteiger partial charge on any atom is 0.238 e. The van der Waals surface area contributed by atoms with Crippen molar-refractivity contribution in [1.82, 2.24) is 0 Å². The van der Waals surface area contributed by atoms with Crippen LogP contribution in [0, 0.1) is 0 Å². The molecule has 7 nitrogen and oxygen atoms in total. The lowest BCUT2D eigenvalue weighted by Crippen LogP contribution is -2.14. The highest BCUT2D eigenvalue weighted by Crippen LogP contribution is 2.38. The molecule has 0 bridgehead atoms. The molecule has 0 amide bonds. The molecule has 0 aliphatic rings. The monoisotopic (exact) mass is 443 g/mol. The molecule has 0 aliphatic carbocycles. The maximum absolute atomic E-state index is 11.6. The number of nitrogens with two attached hydrogens (primary N) is 1. The predicted octanol–water partition coefficient (Wildman–Crippen LogP) is 3.41. The number of rotatable bonds is 5. The Balaban J connectivity index is 2.61. The SMILES string of the molecule is CS(=O)(=O)Nc1ccc(S(N)(=O)=O)cc1Nc1c(Cl)cc(Cl)cc1Cl. The van der Waals surface area contributed by atoms with Crippen molar-refractivity contribution in [3.05, 3.63) is 45.4 Å². The lowest BCUT2D eigenvalue weighted by molar-refractivity contribution is 0.597. The summed E-state index contributed by atoms with van der Waals surface area (Å²) >= 11 is 18.0. The summed E-state index contributed by atoms with van der Waals surface area (Å²) in [6, 6.07) is 6.42. The van der Waals surface area contributed by atoms with E-state index in [2.05, 4.69) is 10.0 Å². The summed E-state index contributed by atoms with van der Waals surface area (Å²) in [5, 5.41) is 8.53. The van der Waals surface area contributed by atoms with E-state index in [9.17, 15) is 16.8 Å². The van der Waals surface area contributed by atoms with E-state index in [0.717, 1.165) is 12.3 Å². The lowest BCUT2D eigenvalue weighted by Gasteiger charge is -2.16. The van der Waals surface area contributed by atoms with Crippen molar-refractivity contribution in [3.63, 3.8) is 0 Å². The second kappa shape index (κ2) is 7.18. The summed E-state index contributed by atoms with van der Waals surface area (Å²) in [6.07, 6.45) is 0.951. The Morgan fingerprint density at radius 1 is 0.920 bits per heavy atom. The van der Waals surface area contributed by atoms with Crippen molar-refractivity contribution in [1.29, 1.82) is 0 Å². The summed E-state index contributed by atoms with van der Waals surface area (Å²) in [4.78, 5) is -0.227. The van der Waals surface area contributed by atoms with Gasteiger partial charge in [0, 0.05) is 5.02 Å². The van der Waals surface area contributed by atoms with Gasteiger partial charge in [0.2, 0.25) is 20.0 Å². The number of hydrogen-bond acceptors (Lipinski definition) is 5. The average molecular weight is 445 g/mol. The fourth-order valence-corrected chi connectivity index (χ4v) is 3.92. The molecule has 0 atom stereocenters. The third-order valence-corrected chi connectivity index (χ3v) is 5.20. The van der Waals surface area contributed by atoms with E-state index in [0.29, 0.717) is 5.02 Å². The molecule has 136 valence electrons. The van der Waals surface area contributed by atoms with Crippen LogP contribution in [0.4, 0.5) is 17.1 Å². The Labute approximate surface area is 160 Å². The molecule has 0 heterocycles. The van der Waals surface area contributed by atoms with Gasteiger partial charge in [-0.25, -0.2) is 22.0 Å². The van der Waals surface area contributed by atoms with Crippen molar-refractivity contribution in [2.75, 3.05) is 16.3 Å². The van der Waals surface area contributed by atoms with E-state index < -0.39 is 20.0 Å². The summed E-state index contributed by atoms with van der Waals surface area (Å²) in [5.41, 5.74) is 0.385. The zero-order valence-corrected chi connectivity index (χ0v) is 16.4. The zero-order chi connectivity index (χ0) is 19.0. The fourth-order valence-electron chi connectivity index (χ4n) is 1.89. The van der Waals surface area contributed by atoms with E-state index in [1.54, 1.807) is 0 Å². The van der Waals surface area contributed by atoms with Crippen LogP contribution in [-0.2, 0) is 20.0 Å². The van der Waals surface area contributed by atoms with Crippen molar-refractivity contribution in [2.24, 2.45) is 5.14 Å². The Morgan fingerprint density at radius 2 is 1.48 bits per heavy atom. The summed E-state index contributed by atoms with van der Waals surface area (Å²) in [7, 11) is -7.63. The molecule has 2 rings (SSSR count). The number of anilines is 3. The first-order valence-corrected chi connectivity index (χ1v) is 11.0. The van der Waals surface area contributed by atoms with Crippen molar-refractivity contribution in [3.8, 4) is 0 Å². The summed E-state index contributed by atoms with van der Waals surface area (Å²) in [6.45, 7) is 0. The van der Waals surface area contributed by atoms with E-state index in [-0.39, 0.29) is 32.0 Å². The van der Waals surface area contributed by atoms with Crippen LogP contribution in [0.15, 0.2) is 35.2 Å². The smallest absolute Gasteiger partial charge is 0.238 e. The molecule has 0 saturated heterocycles. The molecular formula is C13H12Cl3N3O4S2. The van der Waals surface area contributed by atoms with Crippen LogP contribution in [-0.4, -0.2) is 23.1 Å². The highest BCUT2D eigenvalue weighted by molar-refractivity contribution is 7.92. The molecule has 0 radical (unpaired) electrons. The lowest BCUT2D eigenvalue weighted by atomic mass is 10.2. The fraction of sp³-hybridized carbons (Fsp3) is 0.0769. The largest absolute Gasteiger partial charge is 0.351 e. The normalized spacial score (nSPS) is 12.0. The number of halogens is 3. The molecule has 0 unspecified atom stereocenters. The van der Waals surface area contributed by atoms with E-state index in [1.807, 2.05) is 0 Å². The third kappa shape index (κ3) is 5.37. The topological polar surface area (TPSA) is 118 Å². The highest BCUT2D eigenvalue weighted by Gasteiger charge is 2.16. The Bertz CT molecular complexity index is 1020. The van der Waals surface area contributed by atoms with Gasteiger partial charge in [-0.1, -0.05) is 34.8 Å². The zero-order valence-electron chi connectivity index (χ0n) is 12.5. The van der Waals surface area contributed by atoms with Crippen LogP contribution in [0.1, 0.15) is 0 Å². The minimum atomic E-state index is -4.01. The number of sulfonamides is 2. The minimum Gasteiger partial charge on any atom is -0.351 e. The highest BCUT2D eigenvalue weighted by atomic mass is 35.5. The van der Waals surface area contributed by atoms with Gasteiger partial charge in [0.25, 0.3) is 0 Å². The van der Waals surface area contributed by atoms with Crippen LogP contribution in [0.5, 0.6) is 0 Å². The van der Waals surface area contributed by atoms with Crippen LogP contribution in [0.2, 0.25) is 15.1 Å². The maximum atomic E-state index is 11.6. The standard InChI is InChI=1S/C13H12Cl3N3O4S2/c1-24(20,21)19-11-3-2-8(25(17,22)23)6-12(11)18-13-9(15)4-7(14)5-10(13)16/h2-6,18-19H,1H3,(H2,17,22,23). The van der Waals surface area contributed by atoms with Gasteiger partial charge in [-0.3, -0.25) is 4.72 Å². The molecule has 12 heteroatoms. The first-order valence-electron chi connectivity index (χ1n) is 6.43. The van der Waals surface area contributed by atoms with Gasteiger partial charge < -0.3 is 5.32 Å². The molecule has 0 aromatic heterocycles. The molecule has 0 fully saturated rings. The molecular weight excluding hydrogens is 433 g/mol. The van der Waals surface area contributed by atoms with Crippen LogP contribution >= 0.6 is 34.8 Å². The van der Waals surface area contributed by atoms with E-state index in [4.69, 9.17) is 39.9 Å². The molecule has 2 aromatic carbocycles. The first-order chi connectivity index (χ1) is 11.4. The molecule has 0 aliphatic heterocycles. The molecule has 4 N–H and O–H groups in total. The van der Waals surface area contributed by atoms with Gasteiger partial charge in [-0.2, -0.15) is 0 Å². The predicted molar refractivity (Wildman–Crippen MR) is 101 cm³/mol. The third-order valence-electron chi connectivity index (χ3n) is 2.88. The Kier molecular flexibility index (Phi) is 5.77. The van der Waals surface area contributed by atoms with Crippen molar-refractivity contribution in [2.45, 2.75) is 4.90 Å². The number of primary sulfonamides is 1. The van der Waals surface area contributed by atoms with Gasteiger partial charge in [-0.05, 0) is 30.3 Å². The quantitative estimate of drug-likeness (QED) is 0.653. The molecule has 25 heavy (non-hydrogen) atoms. The van der Waals surface area contributed by atoms with Gasteiger partial charge in [0.1, 0.15) is 0 Å². The first kappa shape index (κ1) is 20.1. The second-order valence-corrected chi connectivity index (χ2v) is 9.56. The van der Waals surface area contributed by atoms with Crippen molar-refractivity contribution >= 4 is 71.9 Å². The van der Waals surface area contributed by atoms with Crippen LogP contribution in [0.25, 0.3) is 0 Å². The number of nitrogens with one attached hydrogen (secondary N) is 2. The van der Waals surface area contributed by atoms with Gasteiger partial charge in [-0.15, -0.1) is 0 Å². The van der Waals surface area contributed by atoms with Crippen LogP contribution < -0.4 is 15.2 Å². The minimum absolute atomic E-state index is 0.0805. The Morgan fingerprint density at radius 3 is 1.96 bits per heavy atom. The molecule has 0 saturated carbocycles. The van der Waals surface area contributed by atoms with Crippen molar-refractivity contribution < 1.29 is 16.8 Å². The van der Waals surface area contributed by atoms with E-state index in [1.165, 1.54) is 24.3 Å². The second-order valence-electron chi connectivity index (χ2n) is 5.00. The summed E-state index contributed by atoms with van der Waals surface area (Å²) in [5.74, 6) is 0. The van der Waals surface area contributed by atoms with Gasteiger partial charge >= 0.3 is 0 Å². The average Bonchev–Trinajstić information content (AvgIpc) is 2.41. The number of benzene rings is 2. The summed E-state index contributed by atoms with van der Waals surface area (Å²) < 4.78 is 48.4. The molecule has 2 aromatic rings. The van der Waals surface area contributed by atoms with Gasteiger partial charge in [0.15, 0.2) is 0 Å². The van der Waals surface area contributed by atoms with E-state index >= 15 is 0 Å².